The Labute approximate surface area is 107 Å². The summed E-state index contributed by atoms with van der Waals surface area (Å²) >= 11 is 7.40. The van der Waals surface area contributed by atoms with Crippen LogP contribution in [-0.2, 0) is 0 Å². The van der Waals surface area contributed by atoms with E-state index in [-0.39, 0.29) is 16.9 Å². The van der Waals surface area contributed by atoms with Crippen molar-refractivity contribution in [2.24, 2.45) is 0 Å². The van der Waals surface area contributed by atoms with Gasteiger partial charge in [-0.1, -0.05) is 23.7 Å². The molecule has 0 bridgehead atoms. The lowest BCUT2D eigenvalue weighted by Crippen LogP contribution is -2.17. The van der Waals surface area contributed by atoms with E-state index in [0.717, 1.165) is 5.39 Å². The number of halogens is 1. The Morgan fingerprint density at radius 3 is 2.71 bits per heavy atom. The number of benzene rings is 1. The number of fused-ring (bicyclic) bond motifs is 1. The van der Waals surface area contributed by atoms with E-state index in [1.54, 1.807) is 12.1 Å². The molecule has 0 unspecified atom stereocenters. The molecule has 3 nitrogen and oxygen atoms in total. The zero-order valence-electron chi connectivity index (χ0n) is 9.33. The van der Waals surface area contributed by atoms with Crippen LogP contribution in [0.2, 0.25) is 5.02 Å². The van der Waals surface area contributed by atoms with E-state index in [4.69, 9.17) is 11.6 Å². The Morgan fingerprint density at radius 2 is 2.12 bits per heavy atom. The smallest absolute Gasteiger partial charge is 0.260 e. The minimum Gasteiger partial charge on any atom is -0.320 e. The van der Waals surface area contributed by atoms with Gasteiger partial charge in [-0.2, -0.15) is 0 Å². The van der Waals surface area contributed by atoms with E-state index in [1.165, 1.54) is 18.7 Å². The predicted molar refractivity (Wildman–Crippen MR) is 71.4 cm³/mol. The molecule has 1 heterocycles. The third-order valence-electron chi connectivity index (χ3n) is 2.51. The van der Waals surface area contributed by atoms with Gasteiger partial charge in [0.05, 0.1) is 16.1 Å². The molecule has 0 aliphatic carbocycles. The highest BCUT2D eigenvalue weighted by molar-refractivity contribution is 7.99. The maximum absolute atomic E-state index is 11.9. The number of aromatic nitrogens is 1. The van der Waals surface area contributed by atoms with Gasteiger partial charge in [-0.25, -0.2) is 0 Å². The maximum Gasteiger partial charge on any atom is 0.260 e. The van der Waals surface area contributed by atoms with Crippen molar-refractivity contribution >= 4 is 40.0 Å². The van der Waals surface area contributed by atoms with Crippen LogP contribution in [0.15, 0.2) is 27.9 Å². The van der Waals surface area contributed by atoms with E-state index < -0.39 is 0 Å². The number of aromatic amines is 1. The molecule has 0 spiro atoms. The molecule has 17 heavy (non-hydrogen) atoms. The summed E-state index contributed by atoms with van der Waals surface area (Å²) in [7, 11) is 0. The second kappa shape index (κ2) is 4.55. The molecule has 0 aliphatic heterocycles. The van der Waals surface area contributed by atoms with Crippen molar-refractivity contribution in [3.8, 4) is 0 Å². The third kappa shape index (κ3) is 1.98. The highest BCUT2D eigenvalue weighted by Gasteiger charge is 2.16. The Kier molecular flexibility index (Phi) is 3.26. The normalized spacial score (nSPS) is 10.8. The van der Waals surface area contributed by atoms with Crippen LogP contribution in [0.5, 0.6) is 0 Å². The monoisotopic (exact) mass is 267 g/mol. The van der Waals surface area contributed by atoms with E-state index in [0.29, 0.717) is 15.4 Å². The highest BCUT2D eigenvalue weighted by atomic mass is 35.5. The Bertz CT molecular complexity index is 663. The van der Waals surface area contributed by atoms with Crippen molar-refractivity contribution in [2.75, 3.05) is 6.26 Å². The van der Waals surface area contributed by atoms with Gasteiger partial charge in [0.15, 0.2) is 5.78 Å². The van der Waals surface area contributed by atoms with Gasteiger partial charge in [0.1, 0.15) is 0 Å². The molecule has 1 N–H and O–H groups in total. The fraction of sp³-hybridized carbons (Fsp3) is 0.167. The molecule has 2 rings (SSSR count). The molecular weight excluding hydrogens is 258 g/mol. The SMILES string of the molecule is CSc1c(C(C)=O)c(=O)[nH]c2c(Cl)cccc12. The molecule has 88 valence electrons. The first kappa shape index (κ1) is 12.2. The average molecular weight is 268 g/mol. The molecule has 0 saturated carbocycles. The van der Waals surface area contributed by atoms with Crippen molar-refractivity contribution in [2.45, 2.75) is 11.8 Å². The molecule has 0 atom stereocenters. The predicted octanol–water partition coefficient (Wildman–Crippen LogP) is 3.11. The fourth-order valence-corrected chi connectivity index (χ4v) is 2.84. The number of carbonyl (C=O) groups excluding carboxylic acids is 1. The van der Waals surface area contributed by atoms with Crippen LogP contribution in [-0.4, -0.2) is 17.0 Å². The van der Waals surface area contributed by atoms with Gasteiger partial charge in [0.25, 0.3) is 5.56 Å². The van der Waals surface area contributed by atoms with Gasteiger partial charge in [0, 0.05) is 10.3 Å². The standard InChI is InChI=1S/C12H10ClNO2S/c1-6(15)9-11(17-2)7-4-3-5-8(13)10(7)14-12(9)16/h3-5H,1-2H3,(H,14,16). The minimum absolute atomic E-state index is 0.201. The van der Waals surface area contributed by atoms with Crippen LogP contribution < -0.4 is 5.56 Å². The third-order valence-corrected chi connectivity index (χ3v) is 3.65. The van der Waals surface area contributed by atoms with Crippen molar-refractivity contribution in [1.29, 1.82) is 0 Å². The number of hydrogen-bond donors (Lipinski definition) is 1. The number of rotatable bonds is 2. The number of para-hydroxylation sites is 1. The fourth-order valence-electron chi connectivity index (χ4n) is 1.79. The van der Waals surface area contributed by atoms with Crippen LogP contribution in [0, 0.1) is 0 Å². The van der Waals surface area contributed by atoms with Crippen LogP contribution in [0.4, 0.5) is 0 Å². The van der Waals surface area contributed by atoms with Crippen LogP contribution in [0.1, 0.15) is 17.3 Å². The number of hydrogen-bond acceptors (Lipinski definition) is 3. The second-order valence-electron chi connectivity index (χ2n) is 3.58. The summed E-state index contributed by atoms with van der Waals surface area (Å²) in [6, 6.07) is 5.35. The van der Waals surface area contributed by atoms with Gasteiger partial charge in [-0.15, -0.1) is 11.8 Å². The van der Waals surface area contributed by atoms with Gasteiger partial charge in [-0.3, -0.25) is 9.59 Å². The molecule has 1 aromatic heterocycles. The number of H-pyrrole nitrogens is 1. The van der Waals surface area contributed by atoms with Gasteiger partial charge in [-0.05, 0) is 19.2 Å². The molecule has 0 saturated heterocycles. The lowest BCUT2D eigenvalue weighted by molar-refractivity contribution is 0.101. The van der Waals surface area contributed by atoms with Gasteiger partial charge < -0.3 is 4.98 Å². The maximum atomic E-state index is 11.9. The average Bonchev–Trinajstić information content (AvgIpc) is 2.28. The number of thioether (sulfide) groups is 1. The molecule has 2 aromatic rings. The van der Waals surface area contributed by atoms with E-state index in [1.807, 2.05) is 12.3 Å². The zero-order valence-corrected chi connectivity index (χ0v) is 10.9. The largest absolute Gasteiger partial charge is 0.320 e. The van der Waals surface area contributed by atoms with Crippen molar-refractivity contribution in [3.63, 3.8) is 0 Å². The van der Waals surface area contributed by atoms with Gasteiger partial charge in [0.2, 0.25) is 0 Å². The molecule has 0 radical (unpaired) electrons. The second-order valence-corrected chi connectivity index (χ2v) is 4.80. The zero-order chi connectivity index (χ0) is 12.6. The summed E-state index contributed by atoms with van der Waals surface area (Å²) in [5, 5.41) is 1.28. The Balaban J connectivity index is 3.01. The molecule has 5 heteroatoms. The van der Waals surface area contributed by atoms with Crippen molar-refractivity contribution in [1.82, 2.24) is 4.98 Å². The summed E-state index contributed by atoms with van der Waals surface area (Å²) in [6.07, 6.45) is 1.83. The van der Waals surface area contributed by atoms with Crippen LogP contribution >= 0.6 is 23.4 Å². The van der Waals surface area contributed by atoms with E-state index in [2.05, 4.69) is 4.98 Å². The number of pyridine rings is 1. The number of ketones is 1. The summed E-state index contributed by atoms with van der Waals surface area (Å²) in [6.45, 7) is 1.39. The lowest BCUT2D eigenvalue weighted by Gasteiger charge is -2.08. The first-order chi connectivity index (χ1) is 8.06. The van der Waals surface area contributed by atoms with Crippen molar-refractivity contribution < 1.29 is 4.79 Å². The molecule has 0 aliphatic rings. The lowest BCUT2D eigenvalue weighted by atomic mass is 10.1. The number of carbonyl (C=O) groups is 1. The van der Waals surface area contributed by atoms with Crippen LogP contribution in [0.3, 0.4) is 0 Å². The van der Waals surface area contributed by atoms with E-state index in [9.17, 15) is 9.59 Å². The first-order valence-electron chi connectivity index (χ1n) is 4.95. The number of Topliss-reactive ketones (excluding diaryl/α,β-unsaturated/α-hetero) is 1. The highest BCUT2D eigenvalue weighted by Crippen LogP contribution is 2.30. The minimum atomic E-state index is -0.387. The summed E-state index contributed by atoms with van der Waals surface area (Å²) in [5.41, 5.74) is 0.392. The first-order valence-corrected chi connectivity index (χ1v) is 6.56. The Hall–Kier alpha value is -1.26. The topological polar surface area (TPSA) is 49.9 Å². The molecule has 1 aromatic carbocycles. The summed E-state index contributed by atoms with van der Waals surface area (Å²) in [4.78, 5) is 26.7. The Morgan fingerprint density at radius 1 is 1.41 bits per heavy atom. The van der Waals surface area contributed by atoms with Crippen molar-refractivity contribution in [3.05, 3.63) is 39.1 Å². The summed E-state index contributed by atoms with van der Waals surface area (Å²) in [5.74, 6) is -0.238. The number of nitrogens with one attached hydrogen (secondary N) is 1. The molecule has 0 amide bonds. The van der Waals surface area contributed by atoms with Crippen LogP contribution in [0.25, 0.3) is 10.9 Å². The summed E-state index contributed by atoms with van der Waals surface area (Å²) < 4.78 is 0. The quantitative estimate of drug-likeness (QED) is 0.672. The van der Waals surface area contributed by atoms with E-state index >= 15 is 0 Å². The molecular formula is C12H10ClNO2S. The van der Waals surface area contributed by atoms with Gasteiger partial charge >= 0.3 is 0 Å². The molecule has 0 fully saturated rings.